The SMILES string of the molecule is O=C(COc1cccc(-n2ccnc2)c1)NC(C1CC1)C1CC1. The largest absolute Gasteiger partial charge is 0.484 e. The molecule has 5 nitrogen and oxygen atoms in total. The Labute approximate surface area is 135 Å². The number of ether oxygens (including phenoxy) is 1. The summed E-state index contributed by atoms with van der Waals surface area (Å²) in [5.74, 6) is 2.09. The van der Waals surface area contributed by atoms with Gasteiger partial charge in [-0.1, -0.05) is 6.07 Å². The lowest BCUT2D eigenvalue weighted by Gasteiger charge is -2.17. The molecule has 0 aliphatic heterocycles. The highest BCUT2D eigenvalue weighted by molar-refractivity contribution is 5.78. The molecule has 5 heteroatoms. The van der Waals surface area contributed by atoms with Crippen LogP contribution in [0.4, 0.5) is 0 Å². The van der Waals surface area contributed by atoms with Crippen LogP contribution in [0.1, 0.15) is 25.7 Å². The first-order valence-corrected chi connectivity index (χ1v) is 8.30. The quantitative estimate of drug-likeness (QED) is 0.855. The molecule has 0 unspecified atom stereocenters. The summed E-state index contributed by atoms with van der Waals surface area (Å²) < 4.78 is 7.57. The molecular formula is C18H21N3O2. The van der Waals surface area contributed by atoms with Crippen molar-refractivity contribution in [3.05, 3.63) is 43.0 Å². The normalized spacial score (nSPS) is 17.3. The zero-order chi connectivity index (χ0) is 15.6. The standard InChI is InChI=1S/C18H21N3O2/c22-17(20-18(13-4-5-13)14-6-7-14)11-23-16-3-1-2-15(10-16)21-9-8-19-12-21/h1-3,8-10,12-14,18H,4-7,11H2,(H,20,22). The van der Waals surface area contributed by atoms with E-state index in [-0.39, 0.29) is 12.5 Å². The van der Waals surface area contributed by atoms with Gasteiger partial charge in [-0.25, -0.2) is 4.98 Å². The fourth-order valence-corrected chi connectivity index (χ4v) is 3.05. The Morgan fingerprint density at radius 1 is 1.30 bits per heavy atom. The van der Waals surface area contributed by atoms with Gasteiger partial charge in [-0.15, -0.1) is 0 Å². The Morgan fingerprint density at radius 2 is 2.09 bits per heavy atom. The van der Waals surface area contributed by atoms with Crippen molar-refractivity contribution in [1.82, 2.24) is 14.9 Å². The monoisotopic (exact) mass is 311 g/mol. The van der Waals surface area contributed by atoms with E-state index in [1.54, 1.807) is 12.5 Å². The predicted molar refractivity (Wildman–Crippen MR) is 86.4 cm³/mol. The van der Waals surface area contributed by atoms with Gasteiger partial charge in [-0.3, -0.25) is 4.79 Å². The first-order valence-electron chi connectivity index (χ1n) is 8.30. The lowest BCUT2D eigenvalue weighted by molar-refractivity contribution is -0.124. The highest BCUT2D eigenvalue weighted by Crippen LogP contribution is 2.44. The Bertz CT molecular complexity index is 663. The van der Waals surface area contributed by atoms with Gasteiger partial charge in [0.1, 0.15) is 5.75 Å². The average molecular weight is 311 g/mol. The van der Waals surface area contributed by atoms with Gasteiger partial charge < -0.3 is 14.6 Å². The number of nitrogens with zero attached hydrogens (tertiary/aromatic N) is 2. The summed E-state index contributed by atoms with van der Waals surface area (Å²) >= 11 is 0. The third-order valence-corrected chi connectivity index (χ3v) is 4.58. The zero-order valence-corrected chi connectivity index (χ0v) is 13.0. The summed E-state index contributed by atoms with van der Waals surface area (Å²) in [6.45, 7) is 0.0727. The van der Waals surface area contributed by atoms with E-state index in [9.17, 15) is 4.79 Å². The molecule has 120 valence electrons. The molecule has 1 heterocycles. The van der Waals surface area contributed by atoms with E-state index in [4.69, 9.17) is 4.74 Å². The number of rotatable bonds is 7. The Hall–Kier alpha value is -2.30. The van der Waals surface area contributed by atoms with E-state index in [2.05, 4.69) is 10.3 Å². The summed E-state index contributed by atoms with van der Waals surface area (Å²) in [6.07, 6.45) is 10.4. The summed E-state index contributed by atoms with van der Waals surface area (Å²) in [5.41, 5.74) is 0.967. The van der Waals surface area contributed by atoms with Crippen molar-refractivity contribution < 1.29 is 9.53 Å². The van der Waals surface area contributed by atoms with Gasteiger partial charge in [0.2, 0.25) is 0 Å². The maximum Gasteiger partial charge on any atom is 0.258 e. The van der Waals surface area contributed by atoms with Crippen molar-refractivity contribution in [2.45, 2.75) is 31.7 Å². The number of benzene rings is 1. The van der Waals surface area contributed by atoms with Gasteiger partial charge >= 0.3 is 0 Å². The van der Waals surface area contributed by atoms with Gasteiger partial charge in [0.05, 0.1) is 12.0 Å². The van der Waals surface area contributed by atoms with Crippen molar-refractivity contribution in [2.24, 2.45) is 11.8 Å². The van der Waals surface area contributed by atoms with E-state index in [0.29, 0.717) is 23.6 Å². The van der Waals surface area contributed by atoms with E-state index >= 15 is 0 Å². The number of hydrogen-bond donors (Lipinski definition) is 1. The highest BCUT2D eigenvalue weighted by Gasteiger charge is 2.42. The topological polar surface area (TPSA) is 56.2 Å². The fourth-order valence-electron chi connectivity index (χ4n) is 3.05. The van der Waals surface area contributed by atoms with Crippen molar-refractivity contribution in [1.29, 1.82) is 0 Å². The van der Waals surface area contributed by atoms with Crippen LogP contribution in [0.25, 0.3) is 5.69 Å². The second kappa shape index (κ2) is 6.07. The van der Waals surface area contributed by atoms with Crippen molar-refractivity contribution in [2.75, 3.05) is 6.61 Å². The molecule has 0 radical (unpaired) electrons. The van der Waals surface area contributed by atoms with Crippen LogP contribution in [-0.4, -0.2) is 28.1 Å². The summed E-state index contributed by atoms with van der Waals surface area (Å²) in [7, 11) is 0. The Kier molecular flexibility index (Phi) is 3.77. The van der Waals surface area contributed by atoms with Crippen LogP contribution in [0.5, 0.6) is 5.75 Å². The molecule has 0 atom stereocenters. The van der Waals surface area contributed by atoms with Gasteiger partial charge in [0, 0.05) is 24.5 Å². The maximum absolute atomic E-state index is 12.2. The van der Waals surface area contributed by atoms with Crippen LogP contribution < -0.4 is 10.1 Å². The molecule has 23 heavy (non-hydrogen) atoms. The minimum absolute atomic E-state index is 0.0122. The molecule has 1 aromatic carbocycles. The third kappa shape index (κ3) is 3.55. The van der Waals surface area contributed by atoms with Gasteiger partial charge in [0.25, 0.3) is 5.91 Å². The lowest BCUT2D eigenvalue weighted by Crippen LogP contribution is -2.40. The molecule has 2 fully saturated rings. The summed E-state index contributed by atoms with van der Waals surface area (Å²) in [4.78, 5) is 16.2. The van der Waals surface area contributed by atoms with Crippen molar-refractivity contribution in [3.63, 3.8) is 0 Å². The van der Waals surface area contributed by atoms with E-state index in [0.717, 1.165) is 5.69 Å². The molecule has 2 aliphatic carbocycles. The van der Waals surface area contributed by atoms with E-state index in [1.807, 2.05) is 35.0 Å². The third-order valence-electron chi connectivity index (χ3n) is 4.58. The number of carbonyl (C=O) groups excluding carboxylic acids is 1. The second-order valence-electron chi connectivity index (χ2n) is 6.52. The summed E-state index contributed by atoms with van der Waals surface area (Å²) in [6, 6.07) is 8.05. The zero-order valence-electron chi connectivity index (χ0n) is 13.0. The fraction of sp³-hybridized carbons (Fsp3) is 0.444. The first-order chi connectivity index (χ1) is 11.3. The van der Waals surface area contributed by atoms with Crippen molar-refractivity contribution in [3.8, 4) is 11.4 Å². The van der Waals surface area contributed by atoms with Crippen LogP contribution in [0.15, 0.2) is 43.0 Å². The number of aromatic nitrogens is 2. The molecule has 2 saturated carbocycles. The number of imidazole rings is 1. The molecule has 1 aromatic heterocycles. The summed E-state index contributed by atoms with van der Waals surface area (Å²) in [5, 5.41) is 3.17. The molecule has 1 N–H and O–H groups in total. The minimum Gasteiger partial charge on any atom is -0.484 e. The molecule has 0 saturated heterocycles. The second-order valence-corrected chi connectivity index (χ2v) is 6.52. The van der Waals surface area contributed by atoms with Gasteiger partial charge in [-0.2, -0.15) is 0 Å². The molecule has 0 bridgehead atoms. The Morgan fingerprint density at radius 3 is 2.74 bits per heavy atom. The predicted octanol–water partition coefficient (Wildman–Crippen LogP) is 2.56. The number of carbonyl (C=O) groups is 1. The maximum atomic E-state index is 12.2. The Balaban J connectivity index is 1.33. The highest BCUT2D eigenvalue weighted by atomic mass is 16.5. The number of hydrogen-bond acceptors (Lipinski definition) is 3. The van der Waals surface area contributed by atoms with E-state index < -0.39 is 0 Å². The van der Waals surface area contributed by atoms with Gasteiger partial charge in [0.15, 0.2) is 6.61 Å². The van der Waals surface area contributed by atoms with Crippen LogP contribution in [-0.2, 0) is 4.79 Å². The van der Waals surface area contributed by atoms with Crippen LogP contribution in [0.3, 0.4) is 0 Å². The van der Waals surface area contributed by atoms with Crippen molar-refractivity contribution >= 4 is 5.91 Å². The number of nitrogens with one attached hydrogen (secondary N) is 1. The number of amides is 1. The first kappa shape index (κ1) is 14.3. The van der Waals surface area contributed by atoms with Gasteiger partial charge in [-0.05, 0) is 49.7 Å². The molecular weight excluding hydrogens is 290 g/mol. The van der Waals surface area contributed by atoms with Crippen LogP contribution in [0.2, 0.25) is 0 Å². The van der Waals surface area contributed by atoms with Crippen LogP contribution >= 0.6 is 0 Å². The lowest BCUT2D eigenvalue weighted by atomic mass is 10.1. The van der Waals surface area contributed by atoms with Crippen LogP contribution in [0, 0.1) is 11.8 Å². The smallest absolute Gasteiger partial charge is 0.258 e. The molecule has 2 aliphatic rings. The molecule has 0 spiro atoms. The minimum atomic E-state index is -0.0122. The molecule has 2 aromatic rings. The average Bonchev–Trinajstić information content (AvgIpc) is 3.50. The molecule has 1 amide bonds. The molecule has 4 rings (SSSR count). The van der Waals surface area contributed by atoms with E-state index in [1.165, 1.54) is 25.7 Å².